The topological polar surface area (TPSA) is 110 Å². The minimum Gasteiger partial charge on any atom is -0.294 e. The number of hydrogen-bond acceptors (Lipinski definition) is 5. The van der Waals surface area contributed by atoms with Crippen LogP contribution in [0.2, 0.25) is 0 Å². The van der Waals surface area contributed by atoms with Crippen molar-refractivity contribution in [3.05, 3.63) is 70.0 Å². The van der Waals surface area contributed by atoms with Crippen LogP contribution in [0, 0.1) is 6.92 Å². The maximum atomic E-state index is 13.0. The highest BCUT2D eigenvalue weighted by Gasteiger charge is 2.24. The first-order valence-electron chi connectivity index (χ1n) is 8.46. The van der Waals surface area contributed by atoms with Crippen molar-refractivity contribution in [2.45, 2.75) is 38.1 Å². The second-order valence-corrected chi connectivity index (χ2v) is 8.18. The summed E-state index contributed by atoms with van der Waals surface area (Å²) in [5.74, 6) is 0.0381. The van der Waals surface area contributed by atoms with Gasteiger partial charge in [-0.1, -0.05) is 6.07 Å². The predicted molar refractivity (Wildman–Crippen MR) is 101 cm³/mol. The quantitative estimate of drug-likeness (QED) is 0.667. The van der Waals surface area contributed by atoms with Gasteiger partial charge >= 0.3 is 0 Å². The van der Waals surface area contributed by atoms with Crippen LogP contribution in [0.25, 0.3) is 5.82 Å². The van der Waals surface area contributed by atoms with Crippen LogP contribution in [0.3, 0.4) is 0 Å². The third kappa shape index (κ3) is 3.99. The van der Waals surface area contributed by atoms with E-state index in [0.29, 0.717) is 17.7 Å². The molecule has 0 aliphatic carbocycles. The van der Waals surface area contributed by atoms with E-state index in [4.69, 9.17) is 0 Å². The van der Waals surface area contributed by atoms with Gasteiger partial charge in [-0.25, -0.2) is 18.1 Å². The number of H-pyrrole nitrogens is 1. The third-order valence-electron chi connectivity index (χ3n) is 3.94. The van der Waals surface area contributed by atoms with Gasteiger partial charge in [0, 0.05) is 42.3 Å². The summed E-state index contributed by atoms with van der Waals surface area (Å²) < 4.78 is 29.0. The Bertz CT molecular complexity index is 1100. The largest absolute Gasteiger partial charge is 0.294 e. The van der Waals surface area contributed by atoms with E-state index in [1.54, 1.807) is 39.2 Å². The lowest BCUT2D eigenvalue weighted by atomic mass is 10.1. The molecule has 0 bridgehead atoms. The van der Waals surface area contributed by atoms with E-state index in [1.165, 1.54) is 23.0 Å². The van der Waals surface area contributed by atoms with Gasteiger partial charge in [-0.05, 0) is 44.5 Å². The first kappa shape index (κ1) is 19.0. The van der Waals surface area contributed by atoms with Gasteiger partial charge in [0.1, 0.15) is 4.90 Å². The molecule has 0 spiro atoms. The Kier molecular flexibility index (Phi) is 5.24. The molecule has 9 heteroatoms. The van der Waals surface area contributed by atoms with Crippen molar-refractivity contribution in [2.75, 3.05) is 0 Å². The Balaban J connectivity index is 2.09. The Morgan fingerprint density at radius 3 is 2.63 bits per heavy atom. The SMILES string of the molecule is Cc1[nH]n(-c2ncccc2S(=O)(=O)NC(C)C)c(=O)c1Cc1cccnc1. The van der Waals surface area contributed by atoms with E-state index < -0.39 is 10.0 Å². The molecule has 0 saturated carbocycles. The van der Waals surface area contributed by atoms with E-state index in [1.807, 2.05) is 6.07 Å². The summed E-state index contributed by atoms with van der Waals surface area (Å²) >= 11 is 0. The van der Waals surface area contributed by atoms with Crippen molar-refractivity contribution in [3.8, 4) is 5.82 Å². The zero-order chi connectivity index (χ0) is 19.6. The van der Waals surface area contributed by atoms with Crippen molar-refractivity contribution in [2.24, 2.45) is 0 Å². The van der Waals surface area contributed by atoms with Gasteiger partial charge in [0.15, 0.2) is 5.82 Å². The maximum absolute atomic E-state index is 13.0. The first-order valence-corrected chi connectivity index (χ1v) is 9.95. The molecule has 0 aliphatic heterocycles. The van der Waals surface area contributed by atoms with Gasteiger partial charge < -0.3 is 0 Å². The lowest BCUT2D eigenvalue weighted by molar-refractivity contribution is 0.568. The van der Waals surface area contributed by atoms with E-state index in [0.717, 1.165) is 5.56 Å². The van der Waals surface area contributed by atoms with Crippen LogP contribution >= 0.6 is 0 Å². The fraction of sp³-hybridized carbons (Fsp3) is 0.278. The van der Waals surface area contributed by atoms with Crippen molar-refractivity contribution in [1.82, 2.24) is 24.5 Å². The highest BCUT2D eigenvalue weighted by Crippen LogP contribution is 2.17. The molecular formula is C18H21N5O3S. The minimum absolute atomic E-state index is 0.0381. The summed E-state index contributed by atoms with van der Waals surface area (Å²) in [5, 5.41) is 2.94. The fourth-order valence-electron chi connectivity index (χ4n) is 2.78. The average molecular weight is 387 g/mol. The van der Waals surface area contributed by atoms with Crippen LogP contribution in [0.4, 0.5) is 0 Å². The number of aromatic nitrogens is 4. The summed E-state index contributed by atoms with van der Waals surface area (Å²) in [5.41, 5.74) is 1.73. The van der Waals surface area contributed by atoms with E-state index >= 15 is 0 Å². The summed E-state index contributed by atoms with van der Waals surface area (Å²) in [4.78, 5) is 21.1. The summed E-state index contributed by atoms with van der Waals surface area (Å²) in [6, 6.07) is 6.35. The molecule has 0 aromatic carbocycles. The number of sulfonamides is 1. The van der Waals surface area contributed by atoms with Crippen LogP contribution in [-0.4, -0.2) is 34.2 Å². The minimum atomic E-state index is -3.82. The molecule has 3 heterocycles. The summed E-state index contributed by atoms with van der Waals surface area (Å²) in [6.45, 7) is 5.22. The summed E-state index contributed by atoms with van der Waals surface area (Å²) in [6.07, 6.45) is 5.20. The molecule has 3 aromatic rings. The van der Waals surface area contributed by atoms with Gasteiger partial charge in [0.05, 0.1) is 0 Å². The number of pyridine rings is 2. The Labute approximate surface area is 157 Å². The molecule has 0 fully saturated rings. The van der Waals surface area contributed by atoms with Crippen molar-refractivity contribution in [3.63, 3.8) is 0 Å². The number of aryl methyl sites for hydroxylation is 1. The van der Waals surface area contributed by atoms with Crippen LogP contribution in [0.1, 0.15) is 30.7 Å². The van der Waals surface area contributed by atoms with Crippen molar-refractivity contribution >= 4 is 10.0 Å². The molecular weight excluding hydrogens is 366 g/mol. The number of nitrogens with one attached hydrogen (secondary N) is 2. The molecule has 3 aromatic heterocycles. The van der Waals surface area contributed by atoms with E-state index in [-0.39, 0.29) is 22.3 Å². The Hall–Kier alpha value is -2.78. The monoisotopic (exact) mass is 387 g/mol. The standard InChI is InChI=1S/C18H21N5O3S/c1-12(2)22-27(25,26)16-7-5-9-20-17(16)23-18(24)15(13(3)21-23)10-14-6-4-8-19-11-14/h4-9,11-12,21-22H,10H2,1-3H3. The van der Waals surface area contributed by atoms with E-state index in [9.17, 15) is 13.2 Å². The highest BCUT2D eigenvalue weighted by molar-refractivity contribution is 7.89. The fourth-order valence-corrected chi connectivity index (χ4v) is 4.17. The van der Waals surface area contributed by atoms with Crippen molar-refractivity contribution < 1.29 is 8.42 Å². The molecule has 2 N–H and O–H groups in total. The molecule has 0 atom stereocenters. The second kappa shape index (κ2) is 7.45. The Morgan fingerprint density at radius 2 is 1.96 bits per heavy atom. The molecule has 0 saturated heterocycles. The lowest BCUT2D eigenvalue weighted by Crippen LogP contribution is -2.32. The molecule has 8 nitrogen and oxygen atoms in total. The van der Waals surface area contributed by atoms with Crippen LogP contribution in [-0.2, 0) is 16.4 Å². The van der Waals surface area contributed by atoms with Crippen LogP contribution < -0.4 is 10.3 Å². The Morgan fingerprint density at radius 1 is 1.22 bits per heavy atom. The lowest BCUT2D eigenvalue weighted by Gasteiger charge is -2.12. The van der Waals surface area contributed by atoms with Gasteiger partial charge in [-0.3, -0.25) is 14.9 Å². The molecule has 3 rings (SSSR count). The molecule has 142 valence electrons. The zero-order valence-electron chi connectivity index (χ0n) is 15.3. The normalized spacial score (nSPS) is 11.9. The number of hydrogen-bond donors (Lipinski definition) is 2. The first-order chi connectivity index (χ1) is 12.8. The highest BCUT2D eigenvalue weighted by atomic mass is 32.2. The van der Waals surface area contributed by atoms with Crippen LogP contribution in [0.5, 0.6) is 0 Å². The average Bonchev–Trinajstić information content (AvgIpc) is 2.90. The number of nitrogens with zero attached hydrogens (tertiary/aromatic N) is 3. The third-order valence-corrected chi connectivity index (χ3v) is 5.62. The summed E-state index contributed by atoms with van der Waals surface area (Å²) in [7, 11) is -3.82. The van der Waals surface area contributed by atoms with Crippen LogP contribution in [0.15, 0.2) is 52.5 Å². The number of rotatable bonds is 6. The maximum Gasteiger partial charge on any atom is 0.276 e. The second-order valence-electron chi connectivity index (χ2n) is 6.50. The molecule has 0 amide bonds. The zero-order valence-corrected chi connectivity index (χ0v) is 16.1. The van der Waals surface area contributed by atoms with Gasteiger partial charge in [-0.2, -0.15) is 4.68 Å². The number of aromatic amines is 1. The van der Waals surface area contributed by atoms with E-state index in [2.05, 4.69) is 19.8 Å². The van der Waals surface area contributed by atoms with Gasteiger partial charge in [-0.15, -0.1) is 0 Å². The molecule has 0 unspecified atom stereocenters. The molecule has 27 heavy (non-hydrogen) atoms. The smallest absolute Gasteiger partial charge is 0.276 e. The molecule has 0 radical (unpaired) electrons. The predicted octanol–water partition coefficient (Wildman–Crippen LogP) is 1.54. The molecule has 0 aliphatic rings. The van der Waals surface area contributed by atoms with Gasteiger partial charge in [0.25, 0.3) is 5.56 Å². The van der Waals surface area contributed by atoms with Crippen molar-refractivity contribution in [1.29, 1.82) is 0 Å². The van der Waals surface area contributed by atoms with Gasteiger partial charge in [0.2, 0.25) is 10.0 Å².